The van der Waals surface area contributed by atoms with Crippen molar-refractivity contribution >= 4 is 17.1 Å². The van der Waals surface area contributed by atoms with Crippen molar-refractivity contribution in [3.8, 4) is 5.88 Å². The van der Waals surface area contributed by atoms with Crippen molar-refractivity contribution in [3.63, 3.8) is 0 Å². The van der Waals surface area contributed by atoms with Crippen molar-refractivity contribution in [2.45, 2.75) is 0 Å². The van der Waals surface area contributed by atoms with E-state index in [1.807, 2.05) is 24.3 Å². The molecule has 1 aromatic heterocycles. The zero-order valence-corrected chi connectivity index (χ0v) is 7.73. The Kier molecular flexibility index (Phi) is 2.14. The van der Waals surface area contributed by atoms with Crippen LogP contribution in [-0.2, 0) is 0 Å². The highest BCUT2D eigenvalue weighted by molar-refractivity contribution is 5.99. The minimum atomic E-state index is 0.547. The van der Waals surface area contributed by atoms with Gasteiger partial charge in [-0.3, -0.25) is 4.79 Å². The zero-order chi connectivity index (χ0) is 9.97. The van der Waals surface area contributed by atoms with Crippen LogP contribution in [0, 0.1) is 0 Å². The number of pyridine rings is 1. The highest BCUT2D eigenvalue weighted by Gasteiger charge is 2.05. The zero-order valence-electron chi connectivity index (χ0n) is 7.73. The fraction of sp³-hybridized carbons (Fsp3) is 0.0909. The predicted octanol–water partition coefficient (Wildman–Crippen LogP) is 2.06. The van der Waals surface area contributed by atoms with Gasteiger partial charge in [0, 0.05) is 17.1 Å². The Hall–Kier alpha value is -1.90. The van der Waals surface area contributed by atoms with Gasteiger partial charge in [-0.15, -0.1) is 0 Å². The van der Waals surface area contributed by atoms with Crippen LogP contribution in [0.1, 0.15) is 10.4 Å². The molecule has 2 aromatic rings. The number of hydrogen-bond acceptors (Lipinski definition) is 3. The SMILES string of the molecule is COc1ncc(C=O)c2ccccc12. The van der Waals surface area contributed by atoms with Gasteiger partial charge in [0.15, 0.2) is 6.29 Å². The molecule has 1 heterocycles. The molecule has 0 atom stereocenters. The Morgan fingerprint density at radius 1 is 1.29 bits per heavy atom. The van der Waals surface area contributed by atoms with Crippen LogP contribution in [0.3, 0.4) is 0 Å². The van der Waals surface area contributed by atoms with E-state index in [1.54, 1.807) is 7.11 Å². The molecule has 0 amide bonds. The molecule has 0 fully saturated rings. The molecule has 0 spiro atoms. The lowest BCUT2D eigenvalue weighted by atomic mass is 10.1. The van der Waals surface area contributed by atoms with Gasteiger partial charge in [0.05, 0.1) is 7.11 Å². The summed E-state index contributed by atoms with van der Waals surface area (Å²) >= 11 is 0. The van der Waals surface area contributed by atoms with Crippen LogP contribution in [0.5, 0.6) is 5.88 Å². The number of fused-ring (bicyclic) bond motifs is 1. The van der Waals surface area contributed by atoms with Gasteiger partial charge >= 0.3 is 0 Å². The summed E-state index contributed by atoms with van der Waals surface area (Å²) in [5.74, 6) is 0.547. The summed E-state index contributed by atoms with van der Waals surface area (Å²) in [6.07, 6.45) is 2.32. The second kappa shape index (κ2) is 3.46. The Bertz CT molecular complexity index is 480. The fourth-order valence-corrected chi connectivity index (χ4v) is 1.45. The second-order valence-electron chi connectivity index (χ2n) is 2.89. The first kappa shape index (κ1) is 8.69. The molecule has 3 nitrogen and oxygen atoms in total. The molecular formula is C11H9NO2. The number of nitrogens with zero attached hydrogens (tertiary/aromatic N) is 1. The number of rotatable bonds is 2. The maximum atomic E-state index is 10.7. The quantitative estimate of drug-likeness (QED) is 0.675. The van der Waals surface area contributed by atoms with E-state index in [4.69, 9.17) is 4.74 Å². The molecule has 0 radical (unpaired) electrons. The van der Waals surface area contributed by atoms with Crippen molar-refractivity contribution < 1.29 is 9.53 Å². The predicted molar refractivity (Wildman–Crippen MR) is 53.7 cm³/mol. The van der Waals surface area contributed by atoms with Crippen LogP contribution < -0.4 is 4.74 Å². The standard InChI is InChI=1S/C11H9NO2/c1-14-11-10-5-3-2-4-9(10)8(7-13)6-12-11/h2-7H,1H3. The lowest BCUT2D eigenvalue weighted by molar-refractivity contribution is 0.112. The molecule has 2 rings (SSSR count). The average molecular weight is 187 g/mol. The summed E-state index contributed by atoms with van der Waals surface area (Å²) in [7, 11) is 1.56. The van der Waals surface area contributed by atoms with Gasteiger partial charge < -0.3 is 4.74 Å². The second-order valence-corrected chi connectivity index (χ2v) is 2.89. The molecule has 0 saturated carbocycles. The average Bonchev–Trinajstić information content (AvgIpc) is 2.27. The summed E-state index contributed by atoms with van der Waals surface area (Å²) in [5, 5.41) is 1.73. The first-order valence-electron chi connectivity index (χ1n) is 4.23. The Morgan fingerprint density at radius 2 is 2.00 bits per heavy atom. The van der Waals surface area contributed by atoms with Crippen LogP contribution in [0.15, 0.2) is 30.5 Å². The van der Waals surface area contributed by atoms with Gasteiger partial charge in [-0.1, -0.05) is 18.2 Å². The molecule has 1 aromatic carbocycles. The lowest BCUT2D eigenvalue weighted by Crippen LogP contribution is -1.92. The number of methoxy groups -OCH3 is 1. The van der Waals surface area contributed by atoms with E-state index in [9.17, 15) is 4.79 Å². The molecule has 0 aliphatic heterocycles. The third-order valence-electron chi connectivity index (χ3n) is 2.11. The van der Waals surface area contributed by atoms with Crippen molar-refractivity contribution in [2.75, 3.05) is 7.11 Å². The first-order chi connectivity index (χ1) is 6.86. The molecule has 14 heavy (non-hydrogen) atoms. The Morgan fingerprint density at radius 3 is 2.64 bits per heavy atom. The Labute approximate surface area is 81.3 Å². The van der Waals surface area contributed by atoms with Gasteiger partial charge in [-0.2, -0.15) is 0 Å². The van der Waals surface area contributed by atoms with E-state index in [2.05, 4.69) is 4.98 Å². The number of aromatic nitrogens is 1. The van der Waals surface area contributed by atoms with Crippen LogP contribution in [-0.4, -0.2) is 18.4 Å². The van der Waals surface area contributed by atoms with Crippen LogP contribution in [0.2, 0.25) is 0 Å². The Balaban J connectivity index is 2.84. The largest absolute Gasteiger partial charge is 0.481 e. The molecule has 0 bridgehead atoms. The van der Waals surface area contributed by atoms with Gasteiger partial charge in [0.1, 0.15) is 0 Å². The third kappa shape index (κ3) is 1.23. The minimum absolute atomic E-state index is 0.547. The maximum Gasteiger partial charge on any atom is 0.221 e. The van der Waals surface area contributed by atoms with Crippen LogP contribution >= 0.6 is 0 Å². The summed E-state index contributed by atoms with van der Waals surface area (Å²) in [5.41, 5.74) is 0.585. The number of carbonyl (C=O) groups is 1. The molecule has 70 valence electrons. The topological polar surface area (TPSA) is 39.2 Å². The fourth-order valence-electron chi connectivity index (χ4n) is 1.45. The lowest BCUT2D eigenvalue weighted by Gasteiger charge is -2.04. The van der Waals surface area contributed by atoms with Gasteiger partial charge in [0.25, 0.3) is 0 Å². The number of benzene rings is 1. The summed E-state index contributed by atoms with van der Waals surface area (Å²) in [6.45, 7) is 0. The van der Waals surface area contributed by atoms with E-state index < -0.39 is 0 Å². The molecule has 0 saturated heterocycles. The normalized spacial score (nSPS) is 10.1. The van der Waals surface area contributed by atoms with Crippen molar-refractivity contribution in [1.82, 2.24) is 4.98 Å². The highest BCUT2D eigenvalue weighted by atomic mass is 16.5. The smallest absolute Gasteiger partial charge is 0.221 e. The maximum absolute atomic E-state index is 10.7. The minimum Gasteiger partial charge on any atom is -0.481 e. The van der Waals surface area contributed by atoms with E-state index in [-0.39, 0.29) is 0 Å². The van der Waals surface area contributed by atoms with Gasteiger partial charge in [-0.05, 0) is 11.5 Å². The van der Waals surface area contributed by atoms with E-state index in [0.29, 0.717) is 11.4 Å². The van der Waals surface area contributed by atoms with Gasteiger partial charge in [-0.25, -0.2) is 4.98 Å². The molecule has 3 heteroatoms. The number of carbonyl (C=O) groups excluding carboxylic acids is 1. The van der Waals surface area contributed by atoms with E-state index in [1.165, 1.54) is 6.20 Å². The van der Waals surface area contributed by atoms with Gasteiger partial charge in [0.2, 0.25) is 5.88 Å². The third-order valence-corrected chi connectivity index (χ3v) is 2.11. The van der Waals surface area contributed by atoms with Crippen LogP contribution in [0.4, 0.5) is 0 Å². The number of ether oxygens (including phenoxy) is 1. The monoisotopic (exact) mass is 187 g/mol. The number of aldehydes is 1. The molecule has 0 aliphatic carbocycles. The highest BCUT2D eigenvalue weighted by Crippen LogP contribution is 2.24. The van der Waals surface area contributed by atoms with Crippen molar-refractivity contribution in [2.24, 2.45) is 0 Å². The first-order valence-corrected chi connectivity index (χ1v) is 4.23. The molecule has 0 aliphatic rings. The van der Waals surface area contributed by atoms with E-state index in [0.717, 1.165) is 17.1 Å². The summed E-state index contributed by atoms with van der Waals surface area (Å²) in [6, 6.07) is 7.54. The van der Waals surface area contributed by atoms with Crippen LogP contribution in [0.25, 0.3) is 10.8 Å². The van der Waals surface area contributed by atoms with Crippen molar-refractivity contribution in [3.05, 3.63) is 36.0 Å². The summed E-state index contributed by atoms with van der Waals surface area (Å²) in [4.78, 5) is 14.8. The molecular weight excluding hydrogens is 178 g/mol. The molecule has 0 N–H and O–H groups in total. The van der Waals surface area contributed by atoms with E-state index >= 15 is 0 Å². The number of hydrogen-bond donors (Lipinski definition) is 0. The molecule has 0 unspecified atom stereocenters. The summed E-state index contributed by atoms with van der Waals surface area (Å²) < 4.78 is 5.10. The van der Waals surface area contributed by atoms with Crippen molar-refractivity contribution in [1.29, 1.82) is 0 Å².